The van der Waals surface area contributed by atoms with E-state index in [9.17, 15) is 0 Å². The van der Waals surface area contributed by atoms with Gasteiger partial charge in [0, 0.05) is 30.7 Å². The van der Waals surface area contributed by atoms with Gasteiger partial charge in [0.25, 0.3) is 0 Å². The van der Waals surface area contributed by atoms with Crippen LogP contribution in [-0.4, -0.2) is 36.7 Å². The number of hydrogen-bond donors (Lipinski definition) is 1. The SMILES string of the molecule is CN1CCC(OCc2cc(CNC(C)(C)C)co2)CC1. The first-order valence-electron chi connectivity index (χ1n) is 7.54. The number of likely N-dealkylation sites (tertiary alicyclic amines) is 1. The van der Waals surface area contributed by atoms with Gasteiger partial charge in [0.1, 0.15) is 12.4 Å². The molecule has 1 fully saturated rings. The van der Waals surface area contributed by atoms with E-state index >= 15 is 0 Å². The van der Waals surface area contributed by atoms with Crippen LogP contribution in [-0.2, 0) is 17.9 Å². The molecular formula is C16H28N2O2. The highest BCUT2D eigenvalue weighted by atomic mass is 16.5. The Kier molecular flexibility index (Phi) is 5.24. The zero-order chi connectivity index (χ0) is 14.6. The number of nitrogens with one attached hydrogen (secondary N) is 1. The Hall–Kier alpha value is -0.840. The molecule has 1 aromatic heterocycles. The van der Waals surface area contributed by atoms with Gasteiger partial charge in [-0.05, 0) is 46.7 Å². The number of piperidine rings is 1. The summed E-state index contributed by atoms with van der Waals surface area (Å²) in [5.74, 6) is 0.926. The van der Waals surface area contributed by atoms with Gasteiger partial charge in [-0.25, -0.2) is 0 Å². The van der Waals surface area contributed by atoms with Gasteiger partial charge in [-0.15, -0.1) is 0 Å². The molecule has 1 aliphatic rings. The first kappa shape index (κ1) is 15.5. The number of furan rings is 1. The molecule has 1 saturated heterocycles. The second-order valence-electron chi connectivity index (χ2n) is 6.84. The predicted molar refractivity (Wildman–Crippen MR) is 80.6 cm³/mol. The van der Waals surface area contributed by atoms with E-state index in [4.69, 9.17) is 9.15 Å². The van der Waals surface area contributed by atoms with Crippen molar-refractivity contribution in [2.45, 2.75) is 58.4 Å². The Morgan fingerprint density at radius 1 is 1.35 bits per heavy atom. The molecular weight excluding hydrogens is 252 g/mol. The Morgan fingerprint density at radius 2 is 2.05 bits per heavy atom. The zero-order valence-corrected chi connectivity index (χ0v) is 13.2. The van der Waals surface area contributed by atoms with Crippen LogP contribution in [0.1, 0.15) is 44.9 Å². The third-order valence-corrected chi connectivity index (χ3v) is 3.66. The molecule has 4 nitrogen and oxygen atoms in total. The van der Waals surface area contributed by atoms with Crippen molar-refractivity contribution in [3.05, 3.63) is 23.7 Å². The van der Waals surface area contributed by atoms with Crippen molar-refractivity contribution in [3.63, 3.8) is 0 Å². The van der Waals surface area contributed by atoms with E-state index in [1.54, 1.807) is 0 Å². The first-order valence-corrected chi connectivity index (χ1v) is 7.54. The first-order chi connectivity index (χ1) is 9.42. The van der Waals surface area contributed by atoms with Gasteiger partial charge in [-0.2, -0.15) is 0 Å². The molecule has 0 radical (unpaired) electrons. The molecule has 0 amide bonds. The quantitative estimate of drug-likeness (QED) is 0.900. The molecule has 1 aliphatic heterocycles. The molecule has 0 atom stereocenters. The maximum Gasteiger partial charge on any atom is 0.129 e. The summed E-state index contributed by atoms with van der Waals surface area (Å²) >= 11 is 0. The minimum absolute atomic E-state index is 0.127. The summed E-state index contributed by atoms with van der Waals surface area (Å²) in [4.78, 5) is 2.35. The van der Waals surface area contributed by atoms with Gasteiger partial charge in [0.05, 0.1) is 12.4 Å². The normalized spacial score (nSPS) is 18.6. The van der Waals surface area contributed by atoms with Gasteiger partial charge >= 0.3 is 0 Å². The van der Waals surface area contributed by atoms with E-state index in [1.165, 1.54) is 5.56 Å². The van der Waals surface area contributed by atoms with Crippen LogP contribution in [0.4, 0.5) is 0 Å². The standard InChI is InChI=1S/C16H28N2O2/c1-16(2,3)17-10-13-9-15(19-11-13)12-20-14-5-7-18(4)8-6-14/h9,11,14,17H,5-8,10,12H2,1-4H3. The largest absolute Gasteiger partial charge is 0.467 e. The van der Waals surface area contributed by atoms with Crippen molar-refractivity contribution in [2.24, 2.45) is 0 Å². The molecule has 2 rings (SSSR count). The number of hydrogen-bond acceptors (Lipinski definition) is 4. The molecule has 1 aromatic rings. The lowest BCUT2D eigenvalue weighted by atomic mass is 10.1. The van der Waals surface area contributed by atoms with E-state index in [0.717, 1.165) is 38.2 Å². The molecule has 2 heterocycles. The average Bonchev–Trinajstić information content (AvgIpc) is 2.83. The molecule has 0 aromatic carbocycles. The lowest BCUT2D eigenvalue weighted by Gasteiger charge is -2.28. The average molecular weight is 280 g/mol. The van der Waals surface area contributed by atoms with Gasteiger partial charge in [-0.1, -0.05) is 0 Å². The molecule has 0 unspecified atom stereocenters. The van der Waals surface area contributed by atoms with Crippen molar-refractivity contribution in [1.29, 1.82) is 0 Å². The smallest absolute Gasteiger partial charge is 0.129 e. The Morgan fingerprint density at radius 3 is 2.70 bits per heavy atom. The molecule has 20 heavy (non-hydrogen) atoms. The van der Waals surface area contributed by atoms with Crippen molar-refractivity contribution in [2.75, 3.05) is 20.1 Å². The summed E-state index contributed by atoms with van der Waals surface area (Å²) in [6.07, 6.45) is 4.45. The monoisotopic (exact) mass is 280 g/mol. The van der Waals surface area contributed by atoms with Crippen LogP contribution in [0.2, 0.25) is 0 Å². The van der Waals surface area contributed by atoms with Gasteiger partial charge in [0.2, 0.25) is 0 Å². The van der Waals surface area contributed by atoms with Crippen LogP contribution >= 0.6 is 0 Å². The zero-order valence-electron chi connectivity index (χ0n) is 13.2. The number of nitrogens with zero attached hydrogens (tertiary/aromatic N) is 1. The van der Waals surface area contributed by atoms with Crippen LogP contribution < -0.4 is 5.32 Å². The lowest BCUT2D eigenvalue weighted by molar-refractivity contribution is -0.00478. The van der Waals surface area contributed by atoms with Crippen molar-refractivity contribution < 1.29 is 9.15 Å². The molecule has 1 N–H and O–H groups in total. The highest BCUT2D eigenvalue weighted by Crippen LogP contribution is 2.16. The maximum atomic E-state index is 5.94. The molecule has 114 valence electrons. The van der Waals surface area contributed by atoms with Crippen molar-refractivity contribution >= 4 is 0 Å². The Labute approximate surface area is 122 Å². The fourth-order valence-corrected chi connectivity index (χ4v) is 2.31. The maximum absolute atomic E-state index is 5.94. The van der Waals surface area contributed by atoms with E-state index in [2.05, 4.69) is 44.1 Å². The van der Waals surface area contributed by atoms with Crippen LogP contribution in [0.3, 0.4) is 0 Å². The topological polar surface area (TPSA) is 37.6 Å². The third kappa shape index (κ3) is 5.27. The molecule has 0 saturated carbocycles. The molecule has 0 bridgehead atoms. The Balaban J connectivity index is 1.72. The second-order valence-corrected chi connectivity index (χ2v) is 6.84. The van der Waals surface area contributed by atoms with E-state index < -0.39 is 0 Å². The second kappa shape index (κ2) is 6.74. The summed E-state index contributed by atoms with van der Waals surface area (Å²) in [5, 5.41) is 3.46. The van der Waals surface area contributed by atoms with E-state index in [0.29, 0.717) is 12.7 Å². The van der Waals surface area contributed by atoms with E-state index in [-0.39, 0.29) is 5.54 Å². The number of ether oxygens (including phenoxy) is 1. The highest BCUT2D eigenvalue weighted by Gasteiger charge is 2.17. The minimum Gasteiger partial charge on any atom is -0.467 e. The fraction of sp³-hybridized carbons (Fsp3) is 0.750. The van der Waals surface area contributed by atoms with Crippen LogP contribution in [0, 0.1) is 0 Å². The Bertz CT molecular complexity index is 401. The molecule has 0 spiro atoms. The van der Waals surface area contributed by atoms with Crippen molar-refractivity contribution in [3.8, 4) is 0 Å². The molecule has 0 aliphatic carbocycles. The van der Waals surface area contributed by atoms with Gasteiger partial charge in [-0.3, -0.25) is 0 Å². The van der Waals surface area contributed by atoms with Crippen LogP contribution in [0.5, 0.6) is 0 Å². The summed E-state index contributed by atoms with van der Waals surface area (Å²) in [6.45, 7) is 10.2. The lowest BCUT2D eigenvalue weighted by Crippen LogP contribution is -2.34. The molecule has 4 heteroatoms. The fourth-order valence-electron chi connectivity index (χ4n) is 2.31. The van der Waals surface area contributed by atoms with Gasteiger partial charge < -0.3 is 19.4 Å². The van der Waals surface area contributed by atoms with Crippen LogP contribution in [0.25, 0.3) is 0 Å². The summed E-state index contributed by atoms with van der Waals surface area (Å²) in [5.41, 5.74) is 1.31. The predicted octanol–water partition coefficient (Wildman–Crippen LogP) is 2.78. The van der Waals surface area contributed by atoms with E-state index in [1.807, 2.05) is 6.26 Å². The number of rotatable bonds is 5. The third-order valence-electron chi connectivity index (χ3n) is 3.66. The van der Waals surface area contributed by atoms with Crippen molar-refractivity contribution in [1.82, 2.24) is 10.2 Å². The van der Waals surface area contributed by atoms with Crippen LogP contribution in [0.15, 0.2) is 16.7 Å². The summed E-state index contributed by atoms with van der Waals surface area (Å²) in [7, 11) is 2.16. The minimum atomic E-state index is 0.127. The summed E-state index contributed by atoms with van der Waals surface area (Å²) in [6, 6.07) is 2.09. The highest BCUT2D eigenvalue weighted by molar-refractivity contribution is 5.12. The summed E-state index contributed by atoms with van der Waals surface area (Å²) < 4.78 is 11.5. The van der Waals surface area contributed by atoms with Gasteiger partial charge in [0.15, 0.2) is 0 Å².